The summed E-state index contributed by atoms with van der Waals surface area (Å²) in [6, 6.07) is 49.3. The summed E-state index contributed by atoms with van der Waals surface area (Å²) < 4.78 is 2.41. The molecule has 7 aromatic carbocycles. The molecule has 0 aliphatic carbocycles. The molecule has 208 valence electrons. The van der Waals surface area contributed by atoms with E-state index in [2.05, 4.69) is 163 Å². The van der Waals surface area contributed by atoms with Crippen molar-refractivity contribution in [2.24, 2.45) is 0 Å². The van der Waals surface area contributed by atoms with Crippen LogP contribution in [0.5, 0.6) is 0 Å². The van der Waals surface area contributed by atoms with Gasteiger partial charge in [0.25, 0.3) is 0 Å². The number of fused-ring (bicyclic) bond motifs is 6. The molecule has 1 aliphatic heterocycles. The number of nitrogens with zero attached hydrogens (tertiary/aromatic N) is 1. The van der Waals surface area contributed by atoms with Gasteiger partial charge in [-0.3, -0.25) is 0 Å². The average molecular weight is 563 g/mol. The molecule has 1 aliphatic rings. The predicted molar refractivity (Wildman–Crippen MR) is 187 cm³/mol. The molecular formula is C42H30N2. The molecular weight excluding hydrogens is 532 g/mol. The number of aryl methyl sites for hydroxylation is 1. The van der Waals surface area contributed by atoms with Gasteiger partial charge in [-0.15, -0.1) is 0 Å². The zero-order chi connectivity index (χ0) is 29.2. The van der Waals surface area contributed by atoms with E-state index >= 15 is 0 Å². The molecule has 0 atom stereocenters. The Morgan fingerprint density at radius 3 is 1.82 bits per heavy atom. The fourth-order valence-corrected chi connectivity index (χ4v) is 7.26. The van der Waals surface area contributed by atoms with Crippen molar-refractivity contribution in [3.8, 4) is 27.9 Å². The highest BCUT2D eigenvalue weighted by atomic mass is 15.0. The fourth-order valence-electron chi connectivity index (χ4n) is 7.26. The number of hydrogen-bond donors (Lipinski definition) is 1. The van der Waals surface area contributed by atoms with Crippen LogP contribution in [0.1, 0.15) is 16.8 Å². The summed E-state index contributed by atoms with van der Waals surface area (Å²) in [6.45, 7) is 2.95. The van der Waals surface area contributed by atoms with Crippen molar-refractivity contribution >= 4 is 49.3 Å². The third-order valence-electron chi connectivity index (χ3n) is 9.30. The Labute approximate surface area is 256 Å². The Morgan fingerprint density at radius 1 is 0.545 bits per heavy atom. The van der Waals surface area contributed by atoms with Crippen molar-refractivity contribution in [2.75, 3.05) is 0 Å². The summed E-state index contributed by atoms with van der Waals surface area (Å²) in [5.74, 6) is 0. The van der Waals surface area contributed by atoms with Gasteiger partial charge in [-0.1, -0.05) is 109 Å². The number of benzene rings is 7. The highest BCUT2D eigenvalue weighted by molar-refractivity contribution is 6.22. The van der Waals surface area contributed by atoms with Crippen LogP contribution in [0.3, 0.4) is 0 Å². The molecule has 0 fully saturated rings. The van der Waals surface area contributed by atoms with Crippen LogP contribution in [0.25, 0.3) is 77.2 Å². The van der Waals surface area contributed by atoms with Crippen LogP contribution in [0.2, 0.25) is 0 Å². The van der Waals surface area contributed by atoms with E-state index in [0.29, 0.717) is 0 Å². The second-order valence-corrected chi connectivity index (χ2v) is 11.9. The molecule has 2 nitrogen and oxygen atoms in total. The molecule has 2 heteroatoms. The molecule has 0 saturated carbocycles. The molecule has 1 N–H and O–H groups in total. The molecule has 0 spiro atoms. The standard InChI is InChI=1S/C42H30N2/c1-27-14-19-32(20-15-27)44-39-21-18-31(25-37(39)38-26-43-23-22-40(38)44)42-35-12-6-4-10-33(35)41(34-11-5-7-13-36(34)42)30-17-16-28-8-2-3-9-29(28)24-30/h2-25,43H,26H2,1H3. The lowest BCUT2D eigenvalue weighted by Crippen LogP contribution is -2.10. The molecule has 0 saturated heterocycles. The second-order valence-electron chi connectivity index (χ2n) is 11.9. The Balaban J connectivity index is 1.33. The maximum atomic E-state index is 3.47. The van der Waals surface area contributed by atoms with Crippen molar-refractivity contribution in [3.63, 3.8) is 0 Å². The van der Waals surface area contributed by atoms with Crippen LogP contribution in [0.4, 0.5) is 0 Å². The SMILES string of the molecule is Cc1ccc(-n2c3c(c4cc(-c5c6ccccc6c(-c6ccc7ccccc7c6)c6ccccc56)ccc42)CNC=C3)cc1. The van der Waals surface area contributed by atoms with Gasteiger partial charge in [0.1, 0.15) is 0 Å². The first-order valence-corrected chi connectivity index (χ1v) is 15.3. The first-order chi connectivity index (χ1) is 21.7. The molecule has 8 aromatic rings. The molecule has 0 bridgehead atoms. The molecule has 0 amide bonds. The smallest absolute Gasteiger partial charge is 0.0538 e. The Hall–Kier alpha value is -5.60. The van der Waals surface area contributed by atoms with Crippen molar-refractivity contribution in [2.45, 2.75) is 13.5 Å². The molecule has 0 unspecified atom stereocenters. The van der Waals surface area contributed by atoms with Gasteiger partial charge < -0.3 is 9.88 Å². The van der Waals surface area contributed by atoms with Gasteiger partial charge in [0.15, 0.2) is 0 Å². The largest absolute Gasteiger partial charge is 0.387 e. The van der Waals surface area contributed by atoms with E-state index in [1.807, 2.05) is 0 Å². The van der Waals surface area contributed by atoms with Gasteiger partial charge in [0.05, 0.1) is 11.2 Å². The van der Waals surface area contributed by atoms with Crippen LogP contribution in [0.15, 0.2) is 140 Å². The van der Waals surface area contributed by atoms with Crippen LogP contribution < -0.4 is 5.32 Å². The van der Waals surface area contributed by atoms with Gasteiger partial charge >= 0.3 is 0 Å². The quantitative estimate of drug-likeness (QED) is 0.212. The van der Waals surface area contributed by atoms with Gasteiger partial charge in [-0.2, -0.15) is 0 Å². The van der Waals surface area contributed by atoms with E-state index in [1.165, 1.54) is 88.0 Å². The van der Waals surface area contributed by atoms with Gasteiger partial charge in [-0.05, 0) is 104 Å². The van der Waals surface area contributed by atoms with E-state index < -0.39 is 0 Å². The molecule has 0 radical (unpaired) electrons. The number of aromatic nitrogens is 1. The molecule has 44 heavy (non-hydrogen) atoms. The van der Waals surface area contributed by atoms with Crippen molar-refractivity contribution in [1.29, 1.82) is 0 Å². The zero-order valence-corrected chi connectivity index (χ0v) is 24.5. The summed E-state index contributed by atoms with van der Waals surface area (Å²) in [6.07, 6.45) is 4.28. The minimum atomic E-state index is 0.813. The lowest BCUT2D eigenvalue weighted by atomic mass is 9.85. The van der Waals surface area contributed by atoms with Gasteiger partial charge in [0, 0.05) is 23.2 Å². The van der Waals surface area contributed by atoms with E-state index in [1.54, 1.807) is 0 Å². The number of nitrogens with one attached hydrogen (secondary N) is 1. The van der Waals surface area contributed by atoms with Crippen LogP contribution >= 0.6 is 0 Å². The number of rotatable bonds is 3. The van der Waals surface area contributed by atoms with Crippen LogP contribution in [-0.4, -0.2) is 4.57 Å². The van der Waals surface area contributed by atoms with E-state index in [0.717, 1.165) is 6.54 Å². The molecule has 1 aromatic heterocycles. The first-order valence-electron chi connectivity index (χ1n) is 15.3. The lowest BCUT2D eigenvalue weighted by Gasteiger charge is -2.18. The Bertz CT molecular complexity index is 2380. The maximum absolute atomic E-state index is 3.47. The zero-order valence-electron chi connectivity index (χ0n) is 24.5. The van der Waals surface area contributed by atoms with E-state index in [-0.39, 0.29) is 0 Å². The summed E-state index contributed by atoms with van der Waals surface area (Å²) >= 11 is 0. The van der Waals surface area contributed by atoms with E-state index in [9.17, 15) is 0 Å². The van der Waals surface area contributed by atoms with Crippen molar-refractivity contribution in [1.82, 2.24) is 9.88 Å². The summed E-state index contributed by atoms with van der Waals surface area (Å²) in [7, 11) is 0. The normalized spacial score (nSPS) is 12.7. The van der Waals surface area contributed by atoms with E-state index in [4.69, 9.17) is 0 Å². The van der Waals surface area contributed by atoms with Gasteiger partial charge in [0.2, 0.25) is 0 Å². The summed E-state index contributed by atoms with van der Waals surface area (Å²) in [5.41, 5.74) is 11.4. The van der Waals surface area contributed by atoms with Crippen molar-refractivity contribution < 1.29 is 0 Å². The Morgan fingerprint density at radius 2 is 1.14 bits per heavy atom. The third-order valence-corrected chi connectivity index (χ3v) is 9.30. The number of hydrogen-bond acceptors (Lipinski definition) is 1. The minimum absolute atomic E-state index is 0.813. The van der Waals surface area contributed by atoms with Gasteiger partial charge in [-0.25, -0.2) is 0 Å². The molecule has 9 rings (SSSR count). The highest BCUT2D eigenvalue weighted by Gasteiger charge is 2.21. The fraction of sp³-hybridized carbons (Fsp3) is 0.0476. The summed E-state index contributed by atoms with van der Waals surface area (Å²) in [4.78, 5) is 0. The topological polar surface area (TPSA) is 17.0 Å². The molecule has 2 heterocycles. The van der Waals surface area contributed by atoms with Crippen LogP contribution in [-0.2, 0) is 6.54 Å². The van der Waals surface area contributed by atoms with Crippen LogP contribution in [0, 0.1) is 6.92 Å². The Kier molecular flexibility index (Phi) is 5.51. The lowest BCUT2D eigenvalue weighted by molar-refractivity contribution is 0.855. The second kappa shape index (κ2) is 9.72. The first kappa shape index (κ1) is 24.9. The highest BCUT2D eigenvalue weighted by Crippen LogP contribution is 2.45. The average Bonchev–Trinajstić information content (AvgIpc) is 3.41. The summed E-state index contributed by atoms with van der Waals surface area (Å²) in [5, 5.41) is 12.4. The monoisotopic (exact) mass is 562 g/mol. The predicted octanol–water partition coefficient (Wildman–Crippen LogP) is 10.8. The minimum Gasteiger partial charge on any atom is -0.387 e. The van der Waals surface area contributed by atoms with Crippen molar-refractivity contribution in [3.05, 3.63) is 156 Å². The maximum Gasteiger partial charge on any atom is 0.0538 e. The third kappa shape index (κ3) is 3.74.